The second-order valence-corrected chi connectivity index (χ2v) is 6.31. The first-order valence-corrected chi connectivity index (χ1v) is 8.68. The molecule has 3 rings (SSSR count). The molecule has 2 atom stereocenters. The molecule has 4 nitrogen and oxygen atoms in total. The maximum Gasteiger partial charge on any atom is 0.225 e. The smallest absolute Gasteiger partial charge is 0.225 e. The standard InChI is InChI=1S/C20H24N2O2/c1-2-17-13-15(10-12-24-17)14-19(23)22-20-18(9-6-11-21-20)16-7-4-3-5-8-16/h3-9,11,15,17H,2,10,12-14H2,1H3,(H,21,22,23)/t15-,17-/m1/s1. The van der Waals surface area contributed by atoms with Gasteiger partial charge in [-0.25, -0.2) is 4.98 Å². The van der Waals surface area contributed by atoms with E-state index in [4.69, 9.17) is 4.74 Å². The number of pyridine rings is 1. The molecule has 0 bridgehead atoms. The first-order chi connectivity index (χ1) is 11.8. The second-order valence-electron chi connectivity index (χ2n) is 6.31. The van der Waals surface area contributed by atoms with Crippen molar-refractivity contribution in [2.45, 2.75) is 38.7 Å². The van der Waals surface area contributed by atoms with Crippen LogP contribution in [-0.2, 0) is 9.53 Å². The summed E-state index contributed by atoms with van der Waals surface area (Å²) in [7, 11) is 0. The molecule has 1 fully saturated rings. The van der Waals surface area contributed by atoms with Crippen molar-refractivity contribution in [3.05, 3.63) is 48.7 Å². The van der Waals surface area contributed by atoms with Gasteiger partial charge in [0.1, 0.15) is 5.82 Å². The Morgan fingerprint density at radius 1 is 1.25 bits per heavy atom. The molecule has 0 radical (unpaired) electrons. The van der Waals surface area contributed by atoms with E-state index in [1.807, 2.05) is 42.5 Å². The molecular weight excluding hydrogens is 300 g/mol. The van der Waals surface area contributed by atoms with Crippen LogP contribution in [0.25, 0.3) is 11.1 Å². The van der Waals surface area contributed by atoms with Gasteiger partial charge in [0.2, 0.25) is 5.91 Å². The van der Waals surface area contributed by atoms with Crippen LogP contribution in [0.15, 0.2) is 48.7 Å². The van der Waals surface area contributed by atoms with E-state index in [1.165, 1.54) is 0 Å². The molecule has 1 aromatic carbocycles. The van der Waals surface area contributed by atoms with Crippen LogP contribution < -0.4 is 5.32 Å². The molecule has 1 aromatic heterocycles. The molecule has 126 valence electrons. The van der Waals surface area contributed by atoms with E-state index in [0.29, 0.717) is 24.3 Å². The Morgan fingerprint density at radius 3 is 2.88 bits per heavy atom. The number of rotatable bonds is 5. The average molecular weight is 324 g/mol. The van der Waals surface area contributed by atoms with Gasteiger partial charge in [0, 0.05) is 24.8 Å². The number of hydrogen-bond acceptors (Lipinski definition) is 3. The largest absolute Gasteiger partial charge is 0.378 e. The van der Waals surface area contributed by atoms with E-state index >= 15 is 0 Å². The topological polar surface area (TPSA) is 51.2 Å². The monoisotopic (exact) mass is 324 g/mol. The lowest BCUT2D eigenvalue weighted by molar-refractivity contribution is -0.118. The minimum atomic E-state index is 0.0348. The fourth-order valence-electron chi connectivity index (χ4n) is 3.23. The van der Waals surface area contributed by atoms with Crippen LogP contribution in [0, 0.1) is 5.92 Å². The maximum absolute atomic E-state index is 12.5. The number of benzene rings is 1. The summed E-state index contributed by atoms with van der Waals surface area (Å²) in [6, 6.07) is 13.9. The summed E-state index contributed by atoms with van der Waals surface area (Å²) in [5.74, 6) is 1.06. The summed E-state index contributed by atoms with van der Waals surface area (Å²) in [4.78, 5) is 16.8. The third kappa shape index (κ3) is 4.20. The number of nitrogens with one attached hydrogen (secondary N) is 1. The van der Waals surface area contributed by atoms with Crippen LogP contribution in [0.2, 0.25) is 0 Å². The van der Waals surface area contributed by atoms with Crippen molar-refractivity contribution in [1.82, 2.24) is 4.98 Å². The van der Waals surface area contributed by atoms with Crippen LogP contribution in [0.5, 0.6) is 0 Å². The lowest BCUT2D eigenvalue weighted by Gasteiger charge is -2.28. The van der Waals surface area contributed by atoms with Crippen molar-refractivity contribution >= 4 is 11.7 Å². The number of carbonyl (C=O) groups is 1. The van der Waals surface area contributed by atoms with Gasteiger partial charge in [0.25, 0.3) is 0 Å². The van der Waals surface area contributed by atoms with Crippen LogP contribution in [0.3, 0.4) is 0 Å². The summed E-state index contributed by atoms with van der Waals surface area (Å²) in [6.07, 6.45) is 5.48. The van der Waals surface area contributed by atoms with Gasteiger partial charge in [0.05, 0.1) is 6.10 Å². The third-order valence-corrected chi connectivity index (χ3v) is 4.56. The Morgan fingerprint density at radius 2 is 2.08 bits per heavy atom. The minimum absolute atomic E-state index is 0.0348. The molecule has 0 spiro atoms. The lowest BCUT2D eigenvalue weighted by Crippen LogP contribution is -2.28. The van der Waals surface area contributed by atoms with E-state index in [0.717, 1.165) is 37.0 Å². The van der Waals surface area contributed by atoms with Crippen molar-refractivity contribution in [2.75, 3.05) is 11.9 Å². The minimum Gasteiger partial charge on any atom is -0.378 e. The number of amides is 1. The molecular formula is C20H24N2O2. The Hall–Kier alpha value is -2.20. The molecule has 1 amide bonds. The van der Waals surface area contributed by atoms with E-state index in [-0.39, 0.29) is 5.91 Å². The fourth-order valence-corrected chi connectivity index (χ4v) is 3.23. The summed E-state index contributed by atoms with van der Waals surface area (Å²) in [6.45, 7) is 2.89. The van der Waals surface area contributed by atoms with Gasteiger partial charge in [-0.15, -0.1) is 0 Å². The van der Waals surface area contributed by atoms with Gasteiger partial charge in [0.15, 0.2) is 0 Å². The first-order valence-electron chi connectivity index (χ1n) is 8.68. The van der Waals surface area contributed by atoms with E-state index in [1.54, 1.807) is 6.20 Å². The molecule has 1 N–H and O–H groups in total. The Kier molecular flexibility index (Phi) is 5.59. The Balaban J connectivity index is 1.67. The van der Waals surface area contributed by atoms with Crippen molar-refractivity contribution in [3.8, 4) is 11.1 Å². The highest BCUT2D eigenvalue weighted by atomic mass is 16.5. The van der Waals surface area contributed by atoms with Gasteiger partial charge in [-0.1, -0.05) is 37.3 Å². The molecule has 2 aromatic rings. The van der Waals surface area contributed by atoms with Gasteiger partial charge >= 0.3 is 0 Å². The number of aromatic nitrogens is 1. The third-order valence-electron chi connectivity index (χ3n) is 4.56. The van der Waals surface area contributed by atoms with Crippen molar-refractivity contribution < 1.29 is 9.53 Å². The highest BCUT2D eigenvalue weighted by molar-refractivity contribution is 5.94. The van der Waals surface area contributed by atoms with Gasteiger partial charge in [-0.3, -0.25) is 4.79 Å². The lowest BCUT2D eigenvalue weighted by atomic mass is 9.91. The van der Waals surface area contributed by atoms with Gasteiger partial charge in [-0.2, -0.15) is 0 Å². The Bertz CT molecular complexity index is 672. The van der Waals surface area contributed by atoms with Crippen LogP contribution in [-0.4, -0.2) is 23.6 Å². The molecule has 0 saturated carbocycles. The highest BCUT2D eigenvalue weighted by Crippen LogP contribution is 2.28. The van der Waals surface area contributed by atoms with Crippen LogP contribution in [0.1, 0.15) is 32.6 Å². The quantitative estimate of drug-likeness (QED) is 0.893. The second kappa shape index (κ2) is 8.06. The summed E-state index contributed by atoms with van der Waals surface area (Å²) in [5.41, 5.74) is 2.00. The number of carbonyl (C=O) groups excluding carboxylic acids is 1. The van der Waals surface area contributed by atoms with Crippen LogP contribution in [0.4, 0.5) is 5.82 Å². The van der Waals surface area contributed by atoms with Crippen LogP contribution >= 0.6 is 0 Å². The summed E-state index contributed by atoms with van der Waals surface area (Å²) >= 11 is 0. The van der Waals surface area contributed by atoms with Gasteiger partial charge < -0.3 is 10.1 Å². The molecule has 0 unspecified atom stereocenters. The van der Waals surface area contributed by atoms with Crippen molar-refractivity contribution in [1.29, 1.82) is 0 Å². The number of anilines is 1. The predicted molar refractivity (Wildman–Crippen MR) is 95.7 cm³/mol. The SMILES string of the molecule is CC[C@@H]1C[C@H](CC(=O)Nc2ncccc2-c2ccccc2)CCO1. The fraction of sp³-hybridized carbons (Fsp3) is 0.400. The molecule has 24 heavy (non-hydrogen) atoms. The predicted octanol–water partition coefficient (Wildman–Crippen LogP) is 4.28. The Labute approximate surface area is 143 Å². The van der Waals surface area contributed by atoms with E-state index in [2.05, 4.69) is 17.2 Å². The zero-order valence-corrected chi connectivity index (χ0v) is 14.1. The number of ether oxygens (including phenoxy) is 1. The zero-order valence-electron chi connectivity index (χ0n) is 14.1. The molecule has 4 heteroatoms. The molecule has 0 aliphatic carbocycles. The molecule has 1 saturated heterocycles. The maximum atomic E-state index is 12.5. The summed E-state index contributed by atoms with van der Waals surface area (Å²) in [5, 5.41) is 3.00. The molecule has 1 aliphatic rings. The average Bonchev–Trinajstić information content (AvgIpc) is 2.63. The van der Waals surface area contributed by atoms with Crippen molar-refractivity contribution in [3.63, 3.8) is 0 Å². The zero-order chi connectivity index (χ0) is 16.8. The number of hydrogen-bond donors (Lipinski definition) is 1. The van der Waals surface area contributed by atoms with E-state index < -0.39 is 0 Å². The highest BCUT2D eigenvalue weighted by Gasteiger charge is 2.23. The molecule has 1 aliphatic heterocycles. The van der Waals surface area contributed by atoms with Gasteiger partial charge in [-0.05, 0) is 42.9 Å². The number of nitrogens with zero attached hydrogens (tertiary/aromatic N) is 1. The normalized spacial score (nSPS) is 20.5. The van der Waals surface area contributed by atoms with Crippen molar-refractivity contribution in [2.24, 2.45) is 5.92 Å². The summed E-state index contributed by atoms with van der Waals surface area (Å²) < 4.78 is 5.69. The molecule has 2 heterocycles. The van der Waals surface area contributed by atoms with E-state index in [9.17, 15) is 4.79 Å². The first kappa shape index (κ1) is 16.7.